The van der Waals surface area contributed by atoms with E-state index in [9.17, 15) is 0 Å². The van der Waals surface area contributed by atoms with Crippen LogP contribution in [-0.4, -0.2) is 0 Å². The summed E-state index contributed by atoms with van der Waals surface area (Å²) in [4.78, 5) is 0. The number of nitrogens with zero attached hydrogens (tertiary/aromatic N) is 1. The van der Waals surface area contributed by atoms with Gasteiger partial charge in [0.15, 0.2) is 15.4 Å². The van der Waals surface area contributed by atoms with Gasteiger partial charge >= 0.3 is 5.76 Å². The van der Waals surface area contributed by atoms with Crippen molar-refractivity contribution in [2.75, 3.05) is 0 Å². The molecule has 8 heavy (non-hydrogen) atoms. The van der Waals surface area contributed by atoms with Gasteiger partial charge in [-0.1, -0.05) is 4.54 Å². The monoisotopic (exact) mass is 174 g/mol. The molecule has 0 aliphatic carbocycles. The van der Waals surface area contributed by atoms with Crippen LogP contribution in [0.1, 0.15) is 6.92 Å². The summed E-state index contributed by atoms with van der Waals surface area (Å²) in [6.45, 7) is 5.41. The van der Waals surface area contributed by atoms with Gasteiger partial charge in [0.2, 0.25) is 0 Å². The highest BCUT2D eigenvalue weighted by atomic mass is 79.9. The molecule has 0 radical (unpaired) electrons. The van der Waals surface area contributed by atoms with Crippen LogP contribution in [-0.2, 0) is 0 Å². The molecule has 0 aromatic carbocycles. The standard InChI is InChI=1S/C5H5BrNO/c1-3-5(6)4(2)8-7-3/h2H2,1H3/q+1. The molecule has 1 rings (SSSR count). The van der Waals surface area contributed by atoms with Crippen molar-refractivity contribution < 1.29 is 0 Å². The topological polar surface area (TPSA) is 23.7 Å². The molecule has 0 bridgehead atoms. The van der Waals surface area contributed by atoms with Gasteiger partial charge in [0.25, 0.3) is 0 Å². The number of rotatable bonds is 0. The van der Waals surface area contributed by atoms with E-state index in [0.29, 0.717) is 5.76 Å². The van der Waals surface area contributed by atoms with Crippen molar-refractivity contribution in [3.05, 3.63) is 27.1 Å². The molecule has 2 nitrogen and oxygen atoms in total. The van der Waals surface area contributed by atoms with Crippen LogP contribution in [0.4, 0.5) is 0 Å². The summed E-state index contributed by atoms with van der Waals surface area (Å²) in [5, 5.41) is 3.63. The lowest BCUT2D eigenvalue weighted by Gasteiger charge is -1.71. The fraction of sp³-hybridized carbons (Fsp3) is 0.200. The molecule has 0 saturated carbocycles. The third-order valence-electron chi connectivity index (χ3n) is 0.855. The summed E-state index contributed by atoms with van der Waals surface area (Å²) in [5.74, 6) is 0.586. The van der Waals surface area contributed by atoms with Gasteiger partial charge in [0.1, 0.15) is 0 Å². The van der Waals surface area contributed by atoms with E-state index in [-0.39, 0.29) is 0 Å². The number of halogens is 1. The molecule has 0 spiro atoms. The highest BCUT2D eigenvalue weighted by molar-refractivity contribution is 9.12. The van der Waals surface area contributed by atoms with E-state index in [4.69, 9.17) is 0 Å². The molecule has 0 atom stereocenters. The maximum Gasteiger partial charge on any atom is 0.408 e. The van der Waals surface area contributed by atoms with Gasteiger partial charge in [-0.15, -0.1) is 0 Å². The minimum Gasteiger partial charge on any atom is -0.0669 e. The third-order valence-corrected chi connectivity index (χ3v) is 1.87. The Balaban J connectivity index is 3.02. The summed E-state index contributed by atoms with van der Waals surface area (Å²) in [7, 11) is 0. The van der Waals surface area contributed by atoms with Gasteiger partial charge in [-0.3, -0.25) is 0 Å². The van der Waals surface area contributed by atoms with Crippen molar-refractivity contribution in [2.45, 2.75) is 6.92 Å². The van der Waals surface area contributed by atoms with E-state index in [0.717, 1.165) is 10.2 Å². The Morgan fingerprint density at radius 1 is 1.75 bits per heavy atom. The summed E-state index contributed by atoms with van der Waals surface area (Å²) < 4.78 is 5.55. The van der Waals surface area contributed by atoms with Crippen LogP contribution in [0.15, 0.2) is 27.7 Å². The summed E-state index contributed by atoms with van der Waals surface area (Å²) in [6.07, 6.45) is 0. The van der Waals surface area contributed by atoms with Crippen molar-refractivity contribution in [3.8, 4) is 0 Å². The third kappa shape index (κ3) is 0.733. The van der Waals surface area contributed by atoms with E-state index in [1.165, 1.54) is 0 Å². The van der Waals surface area contributed by atoms with Gasteiger partial charge in [-0.05, 0) is 22.9 Å². The van der Waals surface area contributed by atoms with Crippen LogP contribution in [0.2, 0.25) is 0 Å². The second kappa shape index (κ2) is 1.82. The summed E-state index contributed by atoms with van der Waals surface area (Å²) in [6, 6.07) is 0. The fourth-order valence-electron chi connectivity index (χ4n) is 0.405. The predicted octanol–water partition coefficient (Wildman–Crippen LogP) is 2.44. The van der Waals surface area contributed by atoms with E-state index >= 15 is 0 Å². The average Bonchev–Trinajstić information content (AvgIpc) is 1.98. The zero-order valence-electron chi connectivity index (χ0n) is 4.44. The van der Waals surface area contributed by atoms with Crippen LogP contribution in [0, 0.1) is 4.54 Å². The van der Waals surface area contributed by atoms with Crippen molar-refractivity contribution in [2.24, 2.45) is 5.18 Å². The minimum absolute atomic E-state index is 0.586. The Labute approximate surface area is 55.7 Å². The normalized spacial score (nSPS) is 18.5. The van der Waals surface area contributed by atoms with Crippen molar-refractivity contribution in [1.82, 2.24) is 0 Å². The quantitative estimate of drug-likeness (QED) is 0.505. The number of hydrogen-bond donors (Lipinski definition) is 0. The lowest BCUT2D eigenvalue weighted by Crippen LogP contribution is -1.68. The van der Waals surface area contributed by atoms with Crippen molar-refractivity contribution >= 4 is 15.9 Å². The Hall–Kier alpha value is -0.440. The first-order valence-electron chi connectivity index (χ1n) is 2.15. The minimum atomic E-state index is 0.586. The van der Waals surface area contributed by atoms with E-state index in [1.54, 1.807) is 0 Å². The molecule has 0 aromatic heterocycles. The summed E-state index contributed by atoms with van der Waals surface area (Å²) in [5.41, 5.74) is 0.843. The second-order valence-corrected chi connectivity index (χ2v) is 2.30. The molecule has 42 valence electrons. The van der Waals surface area contributed by atoms with E-state index in [2.05, 4.69) is 32.2 Å². The van der Waals surface area contributed by atoms with Crippen LogP contribution < -0.4 is 0 Å². The molecular formula is C5H5BrNO+. The van der Waals surface area contributed by atoms with E-state index in [1.807, 2.05) is 6.92 Å². The maximum absolute atomic E-state index is 4.69. The predicted molar refractivity (Wildman–Crippen MR) is 36.6 cm³/mol. The largest absolute Gasteiger partial charge is 0.408 e. The van der Waals surface area contributed by atoms with Gasteiger partial charge in [-0.2, -0.15) is 0 Å². The molecule has 0 unspecified atom stereocenters. The van der Waals surface area contributed by atoms with Crippen LogP contribution in [0.5, 0.6) is 0 Å². The SMILES string of the molecule is C=C1[O+]=NC(C)=C1Br. The molecule has 1 heterocycles. The molecule has 0 fully saturated rings. The first kappa shape index (κ1) is 5.69. The molecule has 0 saturated heterocycles. The highest BCUT2D eigenvalue weighted by Gasteiger charge is 2.22. The average molecular weight is 175 g/mol. The Bertz CT molecular complexity index is 189. The van der Waals surface area contributed by atoms with Crippen LogP contribution >= 0.6 is 15.9 Å². The molecule has 0 N–H and O–H groups in total. The van der Waals surface area contributed by atoms with Crippen molar-refractivity contribution in [1.29, 1.82) is 0 Å². The second-order valence-electron chi connectivity index (χ2n) is 1.51. The molecule has 1 aliphatic heterocycles. The lowest BCUT2D eigenvalue weighted by molar-refractivity contribution is 1.30. The maximum atomic E-state index is 4.69. The Morgan fingerprint density at radius 3 is 2.50 bits per heavy atom. The molecule has 1 aliphatic rings. The van der Waals surface area contributed by atoms with Gasteiger partial charge in [-0.25, -0.2) is 0 Å². The first-order valence-corrected chi connectivity index (χ1v) is 2.95. The molecular weight excluding hydrogens is 170 g/mol. The number of hydrogen-bond acceptors (Lipinski definition) is 1. The van der Waals surface area contributed by atoms with Gasteiger partial charge in [0.05, 0.1) is 0 Å². The zero-order valence-corrected chi connectivity index (χ0v) is 6.03. The van der Waals surface area contributed by atoms with Crippen molar-refractivity contribution in [3.63, 3.8) is 0 Å². The van der Waals surface area contributed by atoms with Crippen LogP contribution in [0.25, 0.3) is 0 Å². The lowest BCUT2D eigenvalue weighted by atomic mass is 10.4. The molecule has 3 heteroatoms. The van der Waals surface area contributed by atoms with Crippen LogP contribution in [0.3, 0.4) is 0 Å². The smallest absolute Gasteiger partial charge is 0.0669 e. The van der Waals surface area contributed by atoms with Gasteiger partial charge in [0, 0.05) is 6.58 Å². The van der Waals surface area contributed by atoms with E-state index < -0.39 is 0 Å². The molecule has 0 aromatic rings. The molecule has 0 amide bonds. The van der Waals surface area contributed by atoms with Gasteiger partial charge < -0.3 is 0 Å². The summed E-state index contributed by atoms with van der Waals surface area (Å²) >= 11 is 3.23. The zero-order chi connectivity index (χ0) is 6.15. The number of nitroso groups, excluding NO2 is 1. The first-order chi connectivity index (χ1) is 3.72. The highest BCUT2D eigenvalue weighted by Crippen LogP contribution is 2.26. The Kier molecular flexibility index (Phi) is 1.29. The Morgan fingerprint density at radius 2 is 2.38 bits per heavy atom. The fourth-order valence-corrected chi connectivity index (χ4v) is 0.550. The number of allylic oxidation sites excluding steroid dienone is 2.